The SMILES string of the molecule is CC[N+]1(C)CCOC1c1ccccc1C. The molecule has 1 heterocycles. The van der Waals surface area contributed by atoms with E-state index in [1.807, 2.05) is 0 Å². The summed E-state index contributed by atoms with van der Waals surface area (Å²) < 4.78 is 6.90. The molecular formula is C13H20NO+. The summed E-state index contributed by atoms with van der Waals surface area (Å²) in [7, 11) is 2.28. The zero-order valence-electron chi connectivity index (χ0n) is 9.86. The quantitative estimate of drug-likeness (QED) is 0.676. The predicted molar refractivity (Wildman–Crippen MR) is 61.5 cm³/mol. The molecule has 2 heteroatoms. The zero-order chi connectivity index (χ0) is 10.9. The van der Waals surface area contributed by atoms with Gasteiger partial charge in [-0.3, -0.25) is 4.48 Å². The fourth-order valence-corrected chi connectivity index (χ4v) is 2.28. The second-order valence-electron chi connectivity index (χ2n) is 4.60. The van der Waals surface area contributed by atoms with Gasteiger partial charge in [0.2, 0.25) is 6.23 Å². The first-order valence-corrected chi connectivity index (χ1v) is 5.69. The summed E-state index contributed by atoms with van der Waals surface area (Å²) in [6, 6.07) is 8.54. The molecule has 1 saturated heterocycles. The lowest BCUT2D eigenvalue weighted by Crippen LogP contribution is -2.43. The van der Waals surface area contributed by atoms with Gasteiger partial charge in [-0.05, 0) is 19.4 Å². The second-order valence-corrected chi connectivity index (χ2v) is 4.60. The Bertz CT molecular complexity index is 350. The van der Waals surface area contributed by atoms with Gasteiger partial charge in [0.25, 0.3) is 0 Å². The lowest BCUT2D eigenvalue weighted by molar-refractivity contribution is -0.937. The van der Waals surface area contributed by atoms with Crippen molar-refractivity contribution in [2.45, 2.75) is 20.1 Å². The Balaban J connectivity index is 2.35. The van der Waals surface area contributed by atoms with Gasteiger partial charge in [0.1, 0.15) is 13.2 Å². The highest BCUT2D eigenvalue weighted by atomic mass is 16.5. The molecule has 2 nitrogen and oxygen atoms in total. The molecule has 1 aromatic carbocycles. The van der Waals surface area contributed by atoms with Crippen molar-refractivity contribution in [1.82, 2.24) is 0 Å². The maximum atomic E-state index is 5.90. The third kappa shape index (κ3) is 1.80. The normalized spacial score (nSPS) is 30.7. The van der Waals surface area contributed by atoms with E-state index in [0.717, 1.165) is 24.2 Å². The Kier molecular flexibility index (Phi) is 2.81. The molecule has 0 radical (unpaired) electrons. The molecule has 0 spiro atoms. The van der Waals surface area contributed by atoms with Crippen LogP contribution in [-0.2, 0) is 4.74 Å². The van der Waals surface area contributed by atoms with Gasteiger partial charge in [-0.25, -0.2) is 0 Å². The zero-order valence-corrected chi connectivity index (χ0v) is 9.86. The summed E-state index contributed by atoms with van der Waals surface area (Å²) in [6.07, 6.45) is 0.233. The van der Waals surface area contributed by atoms with Crippen LogP contribution in [0.1, 0.15) is 24.3 Å². The van der Waals surface area contributed by atoms with Crippen molar-refractivity contribution in [3.8, 4) is 0 Å². The Morgan fingerprint density at radius 2 is 2.13 bits per heavy atom. The molecule has 0 aliphatic carbocycles. The number of ether oxygens (including phenoxy) is 1. The Hall–Kier alpha value is -0.860. The van der Waals surface area contributed by atoms with E-state index >= 15 is 0 Å². The molecule has 2 rings (SSSR count). The first kappa shape index (κ1) is 10.7. The van der Waals surface area contributed by atoms with E-state index in [4.69, 9.17) is 4.74 Å². The maximum Gasteiger partial charge on any atom is 0.220 e. The van der Waals surface area contributed by atoms with Gasteiger partial charge in [-0.2, -0.15) is 0 Å². The standard InChI is InChI=1S/C13H20NO/c1-4-14(3)9-10-15-13(14)12-8-6-5-7-11(12)2/h5-8,13H,4,9-10H2,1-3H3/q+1. The van der Waals surface area contributed by atoms with E-state index in [0.29, 0.717) is 0 Å². The molecule has 2 unspecified atom stereocenters. The average molecular weight is 206 g/mol. The van der Waals surface area contributed by atoms with Gasteiger partial charge < -0.3 is 4.74 Å². The number of nitrogens with zero attached hydrogens (tertiary/aromatic N) is 1. The van der Waals surface area contributed by atoms with Crippen LogP contribution in [0.15, 0.2) is 24.3 Å². The van der Waals surface area contributed by atoms with Crippen molar-refractivity contribution in [3.05, 3.63) is 35.4 Å². The second kappa shape index (κ2) is 3.95. The van der Waals surface area contributed by atoms with Gasteiger partial charge in [0.05, 0.1) is 13.6 Å². The van der Waals surface area contributed by atoms with E-state index in [-0.39, 0.29) is 6.23 Å². The lowest BCUT2D eigenvalue weighted by Gasteiger charge is -2.33. The highest BCUT2D eigenvalue weighted by Gasteiger charge is 2.39. The largest absolute Gasteiger partial charge is 0.319 e. The van der Waals surface area contributed by atoms with Crippen molar-refractivity contribution in [3.63, 3.8) is 0 Å². The molecule has 1 aliphatic heterocycles. The van der Waals surface area contributed by atoms with Crippen LogP contribution in [0.2, 0.25) is 0 Å². The number of rotatable bonds is 2. The van der Waals surface area contributed by atoms with E-state index in [1.54, 1.807) is 0 Å². The van der Waals surface area contributed by atoms with Gasteiger partial charge in [0.15, 0.2) is 0 Å². The molecule has 0 N–H and O–H groups in total. The number of hydrogen-bond acceptors (Lipinski definition) is 1. The third-order valence-electron chi connectivity index (χ3n) is 3.62. The average Bonchev–Trinajstić information content (AvgIpc) is 2.62. The Labute approximate surface area is 92.1 Å². The fourth-order valence-electron chi connectivity index (χ4n) is 2.28. The molecule has 1 aliphatic rings. The number of hydrogen-bond donors (Lipinski definition) is 0. The van der Waals surface area contributed by atoms with Crippen molar-refractivity contribution >= 4 is 0 Å². The molecule has 0 aromatic heterocycles. The van der Waals surface area contributed by atoms with E-state index in [9.17, 15) is 0 Å². The van der Waals surface area contributed by atoms with Gasteiger partial charge >= 0.3 is 0 Å². The summed E-state index contributed by atoms with van der Waals surface area (Å²) in [5.74, 6) is 0. The summed E-state index contributed by atoms with van der Waals surface area (Å²) in [6.45, 7) is 7.52. The number of likely N-dealkylation sites (N-methyl/N-ethyl adjacent to an activating group) is 1. The Morgan fingerprint density at radius 1 is 1.40 bits per heavy atom. The fraction of sp³-hybridized carbons (Fsp3) is 0.538. The molecule has 15 heavy (non-hydrogen) atoms. The third-order valence-corrected chi connectivity index (χ3v) is 3.62. The number of quaternary nitrogens is 1. The van der Waals surface area contributed by atoms with Crippen molar-refractivity contribution < 1.29 is 9.22 Å². The first-order valence-electron chi connectivity index (χ1n) is 5.69. The summed E-state index contributed by atoms with van der Waals surface area (Å²) >= 11 is 0. The van der Waals surface area contributed by atoms with E-state index in [2.05, 4.69) is 45.2 Å². The lowest BCUT2D eigenvalue weighted by atomic mass is 10.1. The van der Waals surface area contributed by atoms with Crippen LogP contribution in [0.3, 0.4) is 0 Å². The predicted octanol–water partition coefficient (Wildman–Crippen LogP) is 2.49. The van der Waals surface area contributed by atoms with Crippen molar-refractivity contribution in [2.24, 2.45) is 0 Å². The van der Waals surface area contributed by atoms with Gasteiger partial charge in [-0.1, -0.05) is 24.3 Å². The van der Waals surface area contributed by atoms with Crippen LogP contribution in [0.5, 0.6) is 0 Å². The summed E-state index contributed by atoms with van der Waals surface area (Å²) in [5.41, 5.74) is 2.68. The molecule has 0 bridgehead atoms. The van der Waals surface area contributed by atoms with Crippen LogP contribution in [0.25, 0.3) is 0 Å². The van der Waals surface area contributed by atoms with Crippen LogP contribution >= 0.6 is 0 Å². The van der Waals surface area contributed by atoms with Gasteiger partial charge in [0, 0.05) is 5.56 Å². The number of aryl methyl sites for hydroxylation is 1. The summed E-state index contributed by atoms with van der Waals surface area (Å²) in [5, 5.41) is 0. The van der Waals surface area contributed by atoms with Gasteiger partial charge in [-0.15, -0.1) is 0 Å². The topological polar surface area (TPSA) is 9.23 Å². The molecule has 0 amide bonds. The molecule has 82 valence electrons. The molecule has 2 atom stereocenters. The number of benzene rings is 1. The molecule has 0 saturated carbocycles. The minimum absolute atomic E-state index is 0.233. The molecular weight excluding hydrogens is 186 g/mol. The highest BCUT2D eigenvalue weighted by Crippen LogP contribution is 2.34. The Morgan fingerprint density at radius 3 is 2.80 bits per heavy atom. The maximum absolute atomic E-state index is 5.90. The van der Waals surface area contributed by atoms with Crippen molar-refractivity contribution in [1.29, 1.82) is 0 Å². The molecule has 1 aromatic rings. The first-order chi connectivity index (χ1) is 7.17. The van der Waals surface area contributed by atoms with E-state index < -0.39 is 0 Å². The molecule has 1 fully saturated rings. The van der Waals surface area contributed by atoms with Crippen LogP contribution < -0.4 is 0 Å². The highest BCUT2D eigenvalue weighted by molar-refractivity contribution is 5.26. The minimum Gasteiger partial charge on any atom is -0.319 e. The monoisotopic (exact) mass is 206 g/mol. The minimum atomic E-state index is 0.233. The van der Waals surface area contributed by atoms with Crippen LogP contribution in [-0.4, -0.2) is 31.2 Å². The summed E-state index contributed by atoms with van der Waals surface area (Å²) in [4.78, 5) is 0. The van der Waals surface area contributed by atoms with Crippen LogP contribution in [0.4, 0.5) is 0 Å². The smallest absolute Gasteiger partial charge is 0.220 e. The van der Waals surface area contributed by atoms with Crippen molar-refractivity contribution in [2.75, 3.05) is 26.7 Å². The van der Waals surface area contributed by atoms with Crippen LogP contribution in [0, 0.1) is 6.92 Å². The van der Waals surface area contributed by atoms with E-state index in [1.165, 1.54) is 11.1 Å².